The maximum absolute atomic E-state index is 6.01. The molecule has 0 saturated carbocycles. The van der Waals surface area contributed by atoms with Gasteiger partial charge in [-0.05, 0) is 30.2 Å². The lowest BCUT2D eigenvalue weighted by molar-refractivity contribution is 0.601. The Morgan fingerprint density at radius 2 is 2.20 bits per heavy atom. The summed E-state index contributed by atoms with van der Waals surface area (Å²) in [6.07, 6.45) is 2.07. The molecule has 0 spiro atoms. The molecule has 1 heterocycles. The van der Waals surface area contributed by atoms with E-state index in [0.29, 0.717) is 0 Å². The van der Waals surface area contributed by atoms with E-state index >= 15 is 0 Å². The molecule has 0 aromatic heterocycles. The minimum absolute atomic E-state index is 0.0145. The molecule has 1 aliphatic rings. The third-order valence-corrected chi connectivity index (χ3v) is 3.38. The van der Waals surface area contributed by atoms with Crippen LogP contribution in [0, 0.1) is 6.92 Å². The van der Waals surface area contributed by atoms with Crippen molar-refractivity contribution in [1.82, 2.24) is 5.32 Å². The molecule has 0 fully saturated rings. The largest absolute Gasteiger partial charge is 0.386 e. The van der Waals surface area contributed by atoms with E-state index in [9.17, 15) is 0 Å². The highest BCUT2D eigenvalue weighted by Crippen LogP contribution is 2.31. The van der Waals surface area contributed by atoms with Crippen molar-refractivity contribution in [3.8, 4) is 0 Å². The minimum Gasteiger partial charge on any atom is -0.386 e. The fourth-order valence-electron chi connectivity index (χ4n) is 1.92. The fraction of sp³-hybridized carbons (Fsp3) is 0.333. The molecular formula is C12H15ClN2. The molecule has 0 unspecified atom stereocenters. The molecule has 3 N–H and O–H groups in total. The maximum Gasteiger partial charge on any atom is 0.0928 e. The standard InChI is InChI=1S/C12H15ClN2/c1-8-5-9(3-4-10(8)13)12(2)6-11(14)15-7-12/h3-6,15H,7,14H2,1-2H3/t12-/m1/s1. The van der Waals surface area contributed by atoms with Gasteiger partial charge < -0.3 is 11.1 Å². The van der Waals surface area contributed by atoms with Crippen LogP contribution in [-0.2, 0) is 5.41 Å². The van der Waals surface area contributed by atoms with Crippen LogP contribution in [-0.4, -0.2) is 6.54 Å². The van der Waals surface area contributed by atoms with Gasteiger partial charge in [0, 0.05) is 17.0 Å². The Labute approximate surface area is 95.1 Å². The first-order chi connectivity index (χ1) is 7.01. The van der Waals surface area contributed by atoms with Crippen LogP contribution in [0.25, 0.3) is 0 Å². The van der Waals surface area contributed by atoms with Crippen molar-refractivity contribution in [2.24, 2.45) is 5.73 Å². The predicted octanol–water partition coefficient (Wildman–Crippen LogP) is 2.31. The highest BCUT2D eigenvalue weighted by atomic mass is 35.5. The average molecular weight is 223 g/mol. The van der Waals surface area contributed by atoms with Crippen LogP contribution in [0.1, 0.15) is 18.1 Å². The van der Waals surface area contributed by atoms with Gasteiger partial charge in [-0.15, -0.1) is 0 Å². The maximum atomic E-state index is 6.01. The Morgan fingerprint density at radius 1 is 1.47 bits per heavy atom. The topological polar surface area (TPSA) is 38.0 Å². The number of benzene rings is 1. The molecule has 15 heavy (non-hydrogen) atoms. The summed E-state index contributed by atoms with van der Waals surface area (Å²) in [7, 11) is 0. The van der Waals surface area contributed by atoms with Crippen LogP contribution in [0.5, 0.6) is 0 Å². The van der Waals surface area contributed by atoms with Gasteiger partial charge in [-0.3, -0.25) is 0 Å². The molecule has 1 aromatic rings. The van der Waals surface area contributed by atoms with Gasteiger partial charge in [0.2, 0.25) is 0 Å². The normalized spacial score (nSPS) is 24.9. The van der Waals surface area contributed by atoms with Crippen molar-refractivity contribution in [3.05, 3.63) is 46.2 Å². The van der Waals surface area contributed by atoms with Crippen molar-refractivity contribution in [2.45, 2.75) is 19.3 Å². The second-order valence-electron chi connectivity index (χ2n) is 4.33. The molecule has 0 aliphatic carbocycles. The monoisotopic (exact) mass is 222 g/mol. The third kappa shape index (κ3) is 1.82. The van der Waals surface area contributed by atoms with Crippen LogP contribution >= 0.6 is 11.6 Å². The second-order valence-corrected chi connectivity index (χ2v) is 4.74. The first-order valence-electron chi connectivity index (χ1n) is 5.00. The van der Waals surface area contributed by atoms with Crippen LogP contribution in [0.3, 0.4) is 0 Å². The smallest absolute Gasteiger partial charge is 0.0928 e. The van der Waals surface area contributed by atoms with Gasteiger partial charge in [0.15, 0.2) is 0 Å². The van der Waals surface area contributed by atoms with E-state index in [1.54, 1.807) is 0 Å². The summed E-state index contributed by atoms with van der Waals surface area (Å²) in [6.45, 7) is 5.03. The Hall–Kier alpha value is -1.15. The van der Waals surface area contributed by atoms with Crippen molar-refractivity contribution < 1.29 is 0 Å². The molecule has 1 aliphatic heterocycles. The van der Waals surface area contributed by atoms with Crippen LogP contribution in [0.2, 0.25) is 5.02 Å². The fourth-order valence-corrected chi connectivity index (χ4v) is 2.03. The van der Waals surface area contributed by atoms with Gasteiger partial charge in [0.25, 0.3) is 0 Å². The number of hydrogen-bond acceptors (Lipinski definition) is 2. The highest BCUT2D eigenvalue weighted by Gasteiger charge is 2.29. The Bertz CT molecular complexity index is 426. The molecule has 80 valence electrons. The number of hydrogen-bond donors (Lipinski definition) is 2. The Kier molecular flexibility index (Phi) is 2.39. The van der Waals surface area contributed by atoms with E-state index in [1.165, 1.54) is 5.56 Å². The van der Waals surface area contributed by atoms with E-state index in [0.717, 1.165) is 23.0 Å². The lowest BCUT2D eigenvalue weighted by Crippen LogP contribution is -2.26. The van der Waals surface area contributed by atoms with E-state index in [1.807, 2.05) is 13.0 Å². The zero-order valence-electron chi connectivity index (χ0n) is 8.97. The molecule has 3 heteroatoms. The first kappa shape index (κ1) is 10.4. The molecule has 0 saturated heterocycles. The van der Waals surface area contributed by atoms with Crippen LogP contribution in [0.15, 0.2) is 30.1 Å². The molecule has 2 rings (SSSR count). The van der Waals surface area contributed by atoms with Crippen LogP contribution < -0.4 is 11.1 Å². The average Bonchev–Trinajstić information content (AvgIpc) is 2.52. The number of nitrogens with two attached hydrogens (primary N) is 1. The van der Waals surface area contributed by atoms with E-state index in [4.69, 9.17) is 17.3 Å². The van der Waals surface area contributed by atoms with Crippen molar-refractivity contribution >= 4 is 11.6 Å². The molecular weight excluding hydrogens is 208 g/mol. The van der Waals surface area contributed by atoms with E-state index in [2.05, 4.69) is 30.4 Å². The molecule has 2 nitrogen and oxygen atoms in total. The highest BCUT2D eigenvalue weighted by molar-refractivity contribution is 6.31. The van der Waals surface area contributed by atoms with Crippen molar-refractivity contribution in [1.29, 1.82) is 0 Å². The number of nitrogens with one attached hydrogen (secondary N) is 1. The Morgan fingerprint density at radius 3 is 2.73 bits per heavy atom. The zero-order chi connectivity index (χ0) is 11.1. The van der Waals surface area contributed by atoms with Gasteiger partial charge in [-0.25, -0.2) is 0 Å². The van der Waals surface area contributed by atoms with Gasteiger partial charge in [-0.2, -0.15) is 0 Å². The summed E-state index contributed by atoms with van der Waals surface area (Å²) >= 11 is 6.01. The van der Waals surface area contributed by atoms with Crippen molar-refractivity contribution in [3.63, 3.8) is 0 Å². The molecule has 1 aromatic carbocycles. The first-order valence-corrected chi connectivity index (χ1v) is 5.38. The molecule has 0 radical (unpaired) electrons. The SMILES string of the molecule is Cc1cc([C@]2(C)C=C(N)NC2)ccc1Cl. The summed E-state index contributed by atoms with van der Waals surface area (Å²) < 4.78 is 0. The summed E-state index contributed by atoms with van der Waals surface area (Å²) in [4.78, 5) is 0. The predicted molar refractivity (Wildman–Crippen MR) is 63.8 cm³/mol. The summed E-state index contributed by atoms with van der Waals surface area (Å²) in [5.41, 5.74) is 8.08. The Balaban J connectivity index is 2.42. The minimum atomic E-state index is -0.0145. The lowest BCUT2D eigenvalue weighted by atomic mass is 9.83. The van der Waals surface area contributed by atoms with Crippen LogP contribution in [0.4, 0.5) is 0 Å². The van der Waals surface area contributed by atoms with Crippen molar-refractivity contribution in [2.75, 3.05) is 6.54 Å². The third-order valence-electron chi connectivity index (χ3n) is 2.95. The van der Waals surface area contributed by atoms with Gasteiger partial charge >= 0.3 is 0 Å². The van der Waals surface area contributed by atoms with E-state index < -0.39 is 0 Å². The molecule has 1 atom stereocenters. The lowest BCUT2D eigenvalue weighted by Gasteiger charge is -2.22. The summed E-state index contributed by atoms with van der Waals surface area (Å²) in [6, 6.07) is 6.13. The van der Waals surface area contributed by atoms with Gasteiger partial charge in [0.1, 0.15) is 0 Å². The zero-order valence-corrected chi connectivity index (χ0v) is 9.73. The second kappa shape index (κ2) is 3.46. The molecule has 0 bridgehead atoms. The van der Waals surface area contributed by atoms with E-state index in [-0.39, 0.29) is 5.41 Å². The number of aryl methyl sites for hydroxylation is 1. The van der Waals surface area contributed by atoms with Gasteiger partial charge in [-0.1, -0.05) is 30.7 Å². The number of rotatable bonds is 1. The number of halogens is 1. The quantitative estimate of drug-likeness (QED) is 0.766. The molecule has 0 amide bonds. The van der Waals surface area contributed by atoms with Gasteiger partial charge in [0.05, 0.1) is 5.82 Å². The summed E-state index contributed by atoms with van der Waals surface area (Å²) in [5, 5.41) is 3.96. The summed E-state index contributed by atoms with van der Waals surface area (Å²) in [5.74, 6) is 0.755.